The predicted octanol–water partition coefficient (Wildman–Crippen LogP) is 15.5. The second-order valence-corrected chi connectivity index (χ2v) is 16.6. The van der Waals surface area contributed by atoms with Crippen LogP contribution in [0.1, 0.15) is 56.4 Å². The number of furan rings is 1. The molecule has 0 saturated carbocycles. The molecule has 8 aromatic carbocycles. The number of nitrogens with zero attached hydrogens (tertiary/aromatic N) is 2. The topological polar surface area (TPSA) is 19.6 Å². The number of para-hydroxylation sites is 4. The van der Waals surface area contributed by atoms with Crippen molar-refractivity contribution in [1.29, 1.82) is 0 Å². The van der Waals surface area contributed by atoms with Crippen molar-refractivity contribution in [2.24, 2.45) is 0 Å². The Morgan fingerprint density at radius 3 is 1.93 bits per heavy atom. The first-order valence-corrected chi connectivity index (χ1v) is 20.5. The van der Waals surface area contributed by atoms with Crippen molar-refractivity contribution in [3.8, 4) is 22.3 Å². The van der Waals surface area contributed by atoms with Gasteiger partial charge in [0.15, 0.2) is 0 Å². The quantitative estimate of drug-likeness (QED) is 0.169. The number of fused-ring (bicyclic) bond motifs is 9. The summed E-state index contributed by atoms with van der Waals surface area (Å²) >= 11 is 0. The van der Waals surface area contributed by atoms with E-state index in [1.165, 1.54) is 72.3 Å². The average Bonchev–Trinajstić information content (AvgIpc) is 3.77. The molecule has 0 saturated heterocycles. The summed E-state index contributed by atoms with van der Waals surface area (Å²) in [5, 5.41) is 2.38. The van der Waals surface area contributed by atoms with Gasteiger partial charge >= 0.3 is 0 Å². The van der Waals surface area contributed by atoms with Crippen molar-refractivity contribution < 1.29 is 4.42 Å². The number of hydrogen-bond donors (Lipinski definition) is 0. The third-order valence-corrected chi connectivity index (χ3v) is 13.2. The Balaban J connectivity index is 1.02. The highest BCUT2D eigenvalue weighted by Crippen LogP contribution is 2.56. The van der Waals surface area contributed by atoms with Crippen LogP contribution in [0.3, 0.4) is 0 Å². The molecule has 0 N–H and O–H groups in total. The molecule has 1 aliphatic carbocycles. The zero-order valence-electron chi connectivity index (χ0n) is 33.3. The van der Waals surface area contributed by atoms with E-state index >= 15 is 0 Å². The summed E-state index contributed by atoms with van der Waals surface area (Å²) in [6.07, 6.45) is 1.01. The van der Waals surface area contributed by atoms with Crippen LogP contribution in [0.4, 0.5) is 34.1 Å². The molecule has 3 heteroatoms. The molecule has 0 radical (unpaired) electrons. The van der Waals surface area contributed by atoms with Crippen molar-refractivity contribution in [2.45, 2.75) is 44.9 Å². The van der Waals surface area contributed by atoms with Gasteiger partial charge in [-0.25, -0.2) is 0 Å². The predicted molar refractivity (Wildman–Crippen MR) is 243 cm³/mol. The molecule has 58 heavy (non-hydrogen) atoms. The smallest absolute Gasteiger partial charge is 0.136 e. The van der Waals surface area contributed by atoms with Gasteiger partial charge in [0, 0.05) is 44.4 Å². The molecule has 1 aromatic heterocycles. The lowest BCUT2D eigenvalue weighted by molar-refractivity contribution is 0.564. The second-order valence-electron chi connectivity index (χ2n) is 16.6. The van der Waals surface area contributed by atoms with Crippen molar-refractivity contribution in [2.75, 3.05) is 9.80 Å². The third-order valence-electron chi connectivity index (χ3n) is 13.2. The molecule has 0 spiro atoms. The molecule has 1 atom stereocenters. The van der Waals surface area contributed by atoms with E-state index < -0.39 is 0 Å². The van der Waals surface area contributed by atoms with Crippen LogP contribution < -0.4 is 9.80 Å². The van der Waals surface area contributed by atoms with Gasteiger partial charge in [0.2, 0.25) is 0 Å². The van der Waals surface area contributed by atoms with Crippen LogP contribution >= 0.6 is 0 Å². The van der Waals surface area contributed by atoms with E-state index in [2.05, 4.69) is 219 Å². The first-order chi connectivity index (χ1) is 28.3. The first-order valence-electron chi connectivity index (χ1n) is 20.5. The summed E-state index contributed by atoms with van der Waals surface area (Å²) < 4.78 is 6.43. The molecule has 280 valence electrons. The number of benzene rings is 8. The highest BCUT2D eigenvalue weighted by atomic mass is 16.3. The van der Waals surface area contributed by atoms with Gasteiger partial charge in [-0.05, 0) is 130 Å². The Hall–Kier alpha value is -6.84. The normalized spacial score (nSPS) is 16.2. The Bertz CT molecular complexity index is 3030. The monoisotopic (exact) mass is 748 g/mol. The molecule has 2 aliphatic rings. The van der Waals surface area contributed by atoms with Gasteiger partial charge in [0.25, 0.3) is 0 Å². The lowest BCUT2D eigenvalue weighted by Gasteiger charge is -2.42. The minimum atomic E-state index is -0.175. The lowest BCUT2D eigenvalue weighted by Crippen LogP contribution is -2.30. The van der Waals surface area contributed by atoms with Gasteiger partial charge in [-0.15, -0.1) is 0 Å². The SMILES string of the molecule is CCC1(C)c2ccc(N(c3ccccc3)c3ccc(-c4ccc5c(c4)C(C)(C)c4ccccc4N5c4ccccc4)cc3)cc2-c2c1ccc1oc3ccccc3c21. The molecule has 2 heterocycles. The van der Waals surface area contributed by atoms with Gasteiger partial charge in [0.1, 0.15) is 11.2 Å². The zero-order valence-corrected chi connectivity index (χ0v) is 33.3. The Labute approximate surface area is 340 Å². The van der Waals surface area contributed by atoms with Crippen molar-refractivity contribution in [3.63, 3.8) is 0 Å². The Kier molecular flexibility index (Phi) is 7.62. The lowest BCUT2D eigenvalue weighted by atomic mass is 9.73. The van der Waals surface area contributed by atoms with E-state index in [9.17, 15) is 0 Å². The van der Waals surface area contributed by atoms with Crippen LogP contribution in [0.15, 0.2) is 186 Å². The Morgan fingerprint density at radius 1 is 0.500 bits per heavy atom. The van der Waals surface area contributed by atoms with Crippen molar-refractivity contribution >= 4 is 56.1 Å². The van der Waals surface area contributed by atoms with E-state index in [4.69, 9.17) is 4.42 Å². The summed E-state index contributed by atoms with van der Waals surface area (Å²) in [5.41, 5.74) is 19.0. The van der Waals surface area contributed by atoms with Crippen LogP contribution in [0.2, 0.25) is 0 Å². The van der Waals surface area contributed by atoms with Crippen molar-refractivity contribution in [3.05, 3.63) is 204 Å². The maximum absolute atomic E-state index is 6.43. The second kappa shape index (κ2) is 12.8. The molecular formula is C55H44N2O. The highest BCUT2D eigenvalue weighted by Gasteiger charge is 2.40. The van der Waals surface area contributed by atoms with E-state index in [0.29, 0.717) is 0 Å². The molecule has 1 unspecified atom stereocenters. The minimum absolute atomic E-state index is 0.0986. The fourth-order valence-corrected chi connectivity index (χ4v) is 10.0. The van der Waals surface area contributed by atoms with Crippen LogP contribution in [-0.2, 0) is 10.8 Å². The number of anilines is 6. The standard InChI is InChI=1S/C55H44N2O/c1-5-55(4)44-30-29-41(35-43(44)52-46(55)31-33-51-53(52)42-20-12-15-23-50(42)58-51)56(38-16-8-6-9-17-38)40-27-24-36(25-28-40)37-26-32-49-47(34-37)54(2,3)45-21-13-14-22-48(45)57(49)39-18-10-7-11-19-39/h6-35H,5H2,1-4H3. The molecule has 0 bridgehead atoms. The maximum Gasteiger partial charge on any atom is 0.136 e. The maximum atomic E-state index is 6.43. The van der Waals surface area contributed by atoms with Gasteiger partial charge < -0.3 is 14.2 Å². The molecule has 0 amide bonds. The van der Waals surface area contributed by atoms with Gasteiger partial charge in [0.05, 0.1) is 11.4 Å². The van der Waals surface area contributed by atoms with Crippen LogP contribution in [0.5, 0.6) is 0 Å². The van der Waals surface area contributed by atoms with Gasteiger partial charge in [-0.1, -0.05) is 131 Å². The minimum Gasteiger partial charge on any atom is -0.456 e. The summed E-state index contributed by atoms with van der Waals surface area (Å²) in [5.74, 6) is 0. The van der Waals surface area contributed by atoms with E-state index in [0.717, 1.165) is 34.6 Å². The average molecular weight is 749 g/mol. The fourth-order valence-electron chi connectivity index (χ4n) is 10.0. The molecular weight excluding hydrogens is 705 g/mol. The number of rotatable bonds is 6. The fraction of sp³-hybridized carbons (Fsp3) is 0.127. The zero-order chi connectivity index (χ0) is 39.2. The van der Waals surface area contributed by atoms with E-state index in [1.807, 2.05) is 0 Å². The first kappa shape index (κ1) is 34.4. The molecule has 11 rings (SSSR count). The van der Waals surface area contributed by atoms with Crippen molar-refractivity contribution in [1.82, 2.24) is 0 Å². The summed E-state index contributed by atoms with van der Waals surface area (Å²) in [6, 6.07) is 66.5. The third kappa shape index (κ3) is 4.99. The van der Waals surface area contributed by atoms with Gasteiger partial charge in [-0.2, -0.15) is 0 Å². The van der Waals surface area contributed by atoms with E-state index in [1.54, 1.807) is 0 Å². The summed E-state index contributed by atoms with van der Waals surface area (Å²) in [7, 11) is 0. The van der Waals surface area contributed by atoms with Gasteiger partial charge in [-0.3, -0.25) is 0 Å². The molecule has 3 nitrogen and oxygen atoms in total. The largest absolute Gasteiger partial charge is 0.456 e. The van der Waals surface area contributed by atoms with Crippen LogP contribution in [0.25, 0.3) is 44.2 Å². The molecule has 1 aliphatic heterocycles. The summed E-state index contributed by atoms with van der Waals surface area (Å²) in [6.45, 7) is 9.43. The van der Waals surface area contributed by atoms with Crippen LogP contribution in [-0.4, -0.2) is 0 Å². The number of hydrogen-bond acceptors (Lipinski definition) is 3. The summed E-state index contributed by atoms with van der Waals surface area (Å²) in [4.78, 5) is 4.81. The van der Waals surface area contributed by atoms with E-state index in [-0.39, 0.29) is 10.8 Å². The molecule has 0 fully saturated rings. The highest BCUT2D eigenvalue weighted by molar-refractivity contribution is 6.15. The van der Waals surface area contributed by atoms with Crippen LogP contribution in [0, 0.1) is 0 Å². The Morgan fingerprint density at radius 2 is 1.14 bits per heavy atom. The molecule has 9 aromatic rings.